The van der Waals surface area contributed by atoms with Gasteiger partial charge in [0.25, 0.3) is 6.71 Å². The van der Waals surface area contributed by atoms with Crippen molar-refractivity contribution in [3.05, 3.63) is 175 Å². The summed E-state index contributed by atoms with van der Waals surface area (Å²) in [5.74, 6) is 0. The first-order valence-corrected chi connectivity index (χ1v) is 17.8. The maximum atomic E-state index is 4.78. The quantitative estimate of drug-likeness (QED) is 0.167. The van der Waals surface area contributed by atoms with E-state index in [1.807, 2.05) is 24.5 Å². The molecule has 2 aromatic heterocycles. The second-order valence-electron chi connectivity index (χ2n) is 14.7. The zero-order valence-electron chi connectivity index (χ0n) is 29.3. The Bertz CT molecular complexity index is 2200. The van der Waals surface area contributed by atoms with E-state index in [4.69, 9.17) is 9.97 Å². The monoisotopic (exact) mass is 658 g/mol. The molecule has 0 aliphatic carbocycles. The van der Waals surface area contributed by atoms with Crippen LogP contribution in [0.5, 0.6) is 0 Å². The Hall–Kier alpha value is -5.94. The Morgan fingerprint density at radius 2 is 0.941 bits per heavy atom. The molecule has 0 saturated heterocycles. The first-order valence-electron chi connectivity index (χ1n) is 17.8. The average molecular weight is 659 g/mol. The van der Waals surface area contributed by atoms with Gasteiger partial charge in [-0.05, 0) is 98.2 Å². The van der Waals surface area contributed by atoms with Crippen molar-refractivity contribution in [2.24, 2.45) is 0 Å². The van der Waals surface area contributed by atoms with Gasteiger partial charge in [0, 0.05) is 48.2 Å². The standard InChI is InChI=1S/C46H39BN4/c1-46(2,3)36-28-43-45-44(29-36)51(31-33-16-8-5-9-17-33)42-23-21-35(40-19-11-13-25-49-40)27-38(42)47(45)37-26-34(39-18-10-12-24-48-39)20-22-41(37)50(43)30-32-14-6-4-7-15-32/h4-29H,30-31H2,1-3H3. The van der Waals surface area contributed by atoms with Crippen LogP contribution in [0.3, 0.4) is 0 Å². The lowest BCUT2D eigenvalue weighted by Gasteiger charge is -2.45. The zero-order chi connectivity index (χ0) is 34.5. The van der Waals surface area contributed by atoms with Crippen molar-refractivity contribution in [1.29, 1.82) is 0 Å². The Labute approximate surface area is 301 Å². The maximum absolute atomic E-state index is 4.78. The highest BCUT2D eigenvalue weighted by Crippen LogP contribution is 2.42. The van der Waals surface area contributed by atoms with Crippen molar-refractivity contribution < 1.29 is 0 Å². The van der Waals surface area contributed by atoms with E-state index in [-0.39, 0.29) is 12.1 Å². The fourth-order valence-electron chi connectivity index (χ4n) is 7.86. The van der Waals surface area contributed by atoms with Crippen molar-refractivity contribution in [3.63, 3.8) is 0 Å². The SMILES string of the molecule is CC(C)(C)c1cc2c3c(c1)N(Cc1ccccc1)c1ccc(-c4ccccn4)cc1B3c1cc(-c3ccccn3)ccc1N2Cc1ccccc1. The number of benzene rings is 5. The third-order valence-corrected chi connectivity index (χ3v) is 10.4. The molecule has 0 unspecified atom stereocenters. The molecule has 2 aliphatic heterocycles. The molecule has 7 aromatic rings. The van der Waals surface area contributed by atoms with Crippen LogP contribution < -0.4 is 26.2 Å². The zero-order valence-corrected chi connectivity index (χ0v) is 29.3. The number of fused-ring (bicyclic) bond motifs is 4. The molecule has 2 aliphatic rings. The van der Waals surface area contributed by atoms with Gasteiger partial charge in [0.1, 0.15) is 0 Å². The molecule has 0 atom stereocenters. The Morgan fingerprint density at radius 3 is 1.35 bits per heavy atom. The minimum absolute atomic E-state index is 0.0142. The first kappa shape index (κ1) is 31.1. The van der Waals surface area contributed by atoms with Gasteiger partial charge in [-0.3, -0.25) is 9.97 Å². The summed E-state index contributed by atoms with van der Waals surface area (Å²) >= 11 is 0. The third-order valence-electron chi connectivity index (χ3n) is 10.4. The summed E-state index contributed by atoms with van der Waals surface area (Å²) in [5.41, 5.74) is 17.0. The van der Waals surface area contributed by atoms with Crippen LogP contribution in [0.4, 0.5) is 22.7 Å². The summed E-state index contributed by atoms with van der Waals surface area (Å²) in [7, 11) is 0. The van der Waals surface area contributed by atoms with Crippen LogP contribution >= 0.6 is 0 Å². The van der Waals surface area contributed by atoms with E-state index in [1.54, 1.807) is 0 Å². The molecule has 0 saturated carbocycles. The van der Waals surface area contributed by atoms with E-state index in [0.717, 1.165) is 35.6 Å². The molecule has 246 valence electrons. The lowest BCUT2D eigenvalue weighted by atomic mass is 9.33. The Morgan fingerprint density at radius 1 is 0.490 bits per heavy atom. The van der Waals surface area contributed by atoms with Gasteiger partial charge in [-0.1, -0.05) is 118 Å². The van der Waals surface area contributed by atoms with Gasteiger partial charge in [-0.25, -0.2) is 0 Å². The summed E-state index contributed by atoms with van der Waals surface area (Å²) in [6.07, 6.45) is 3.77. The molecule has 0 N–H and O–H groups in total. The minimum Gasteiger partial charge on any atom is -0.338 e. The molecule has 0 spiro atoms. The van der Waals surface area contributed by atoms with Gasteiger partial charge in [0.05, 0.1) is 11.4 Å². The van der Waals surface area contributed by atoms with Gasteiger partial charge in [-0.2, -0.15) is 0 Å². The fraction of sp³-hybridized carbons (Fsp3) is 0.130. The van der Waals surface area contributed by atoms with Crippen LogP contribution in [-0.2, 0) is 18.5 Å². The van der Waals surface area contributed by atoms with Gasteiger partial charge in [0.15, 0.2) is 0 Å². The predicted molar refractivity (Wildman–Crippen MR) is 214 cm³/mol. The molecule has 4 nitrogen and oxygen atoms in total. The van der Waals surface area contributed by atoms with Gasteiger partial charge in [-0.15, -0.1) is 0 Å². The van der Waals surface area contributed by atoms with Gasteiger partial charge in [0.2, 0.25) is 0 Å². The second kappa shape index (κ2) is 12.4. The first-order chi connectivity index (χ1) is 24.9. The summed E-state index contributed by atoms with van der Waals surface area (Å²) in [5, 5.41) is 0. The summed E-state index contributed by atoms with van der Waals surface area (Å²) in [4.78, 5) is 14.7. The minimum atomic E-state index is -0.0515. The number of hydrogen-bond donors (Lipinski definition) is 0. The topological polar surface area (TPSA) is 32.3 Å². The third kappa shape index (κ3) is 5.59. The molecule has 4 heterocycles. The molecule has 0 amide bonds. The highest BCUT2D eigenvalue weighted by molar-refractivity contribution is 7.00. The van der Waals surface area contributed by atoms with E-state index < -0.39 is 0 Å². The second-order valence-corrected chi connectivity index (χ2v) is 14.7. The van der Waals surface area contributed by atoms with Crippen LogP contribution in [0.2, 0.25) is 0 Å². The average Bonchev–Trinajstić information content (AvgIpc) is 3.17. The molecule has 0 radical (unpaired) electrons. The highest BCUT2D eigenvalue weighted by atomic mass is 15.2. The van der Waals surface area contributed by atoms with E-state index in [2.05, 4.69) is 164 Å². The normalized spacial score (nSPS) is 13.0. The van der Waals surface area contributed by atoms with Crippen molar-refractivity contribution in [1.82, 2.24) is 9.97 Å². The molecule has 5 aromatic carbocycles. The largest absolute Gasteiger partial charge is 0.338 e. The van der Waals surface area contributed by atoms with Crippen LogP contribution in [-0.4, -0.2) is 16.7 Å². The molecular weight excluding hydrogens is 619 g/mol. The summed E-state index contributed by atoms with van der Waals surface area (Å²) in [6.45, 7) is 8.53. The van der Waals surface area contributed by atoms with Crippen molar-refractivity contribution >= 4 is 45.9 Å². The van der Waals surface area contributed by atoms with E-state index in [0.29, 0.717) is 0 Å². The van der Waals surface area contributed by atoms with E-state index in [9.17, 15) is 0 Å². The lowest BCUT2D eigenvalue weighted by molar-refractivity contribution is 0.590. The van der Waals surface area contributed by atoms with Crippen LogP contribution in [0, 0.1) is 0 Å². The number of anilines is 4. The van der Waals surface area contributed by atoms with Crippen molar-refractivity contribution in [2.75, 3.05) is 9.80 Å². The van der Waals surface area contributed by atoms with Gasteiger partial charge < -0.3 is 9.80 Å². The molecule has 51 heavy (non-hydrogen) atoms. The van der Waals surface area contributed by atoms with Crippen LogP contribution in [0.15, 0.2) is 158 Å². The Balaban J connectivity index is 1.35. The lowest BCUT2D eigenvalue weighted by Crippen LogP contribution is -2.62. The van der Waals surface area contributed by atoms with Crippen LogP contribution in [0.25, 0.3) is 22.5 Å². The van der Waals surface area contributed by atoms with E-state index in [1.165, 1.54) is 55.8 Å². The van der Waals surface area contributed by atoms with E-state index >= 15 is 0 Å². The molecule has 0 fully saturated rings. The number of pyridine rings is 2. The fourth-order valence-corrected chi connectivity index (χ4v) is 7.86. The molecular formula is C46H39BN4. The molecule has 9 rings (SSSR count). The van der Waals surface area contributed by atoms with Crippen molar-refractivity contribution in [3.8, 4) is 22.5 Å². The van der Waals surface area contributed by atoms with Crippen molar-refractivity contribution in [2.45, 2.75) is 39.3 Å². The van der Waals surface area contributed by atoms with Crippen LogP contribution in [0.1, 0.15) is 37.5 Å². The summed E-state index contributed by atoms with van der Waals surface area (Å²) < 4.78 is 0. The summed E-state index contributed by atoms with van der Waals surface area (Å²) in [6, 6.07) is 52.9. The number of rotatable bonds is 6. The highest BCUT2D eigenvalue weighted by Gasteiger charge is 2.43. The number of nitrogens with zero attached hydrogens (tertiary/aromatic N) is 4. The Kier molecular flexibility index (Phi) is 7.58. The molecule has 5 heteroatoms. The predicted octanol–water partition coefficient (Wildman–Crippen LogP) is 8.93. The molecule has 0 bridgehead atoms. The van der Waals surface area contributed by atoms with Gasteiger partial charge >= 0.3 is 0 Å². The number of aromatic nitrogens is 2. The maximum Gasteiger partial charge on any atom is 0.252 e. The number of hydrogen-bond acceptors (Lipinski definition) is 4. The smallest absolute Gasteiger partial charge is 0.252 e.